The van der Waals surface area contributed by atoms with Gasteiger partial charge in [0.1, 0.15) is 5.75 Å². The maximum absolute atomic E-state index is 12.1. The molecule has 0 aliphatic carbocycles. The number of β-amino-alcohol motifs (C(OH)–C–C–N with tert-alkyl or cyclic N) is 1. The fraction of sp³-hybridized carbons (Fsp3) is 0.462. The van der Waals surface area contributed by atoms with Gasteiger partial charge in [-0.05, 0) is 37.1 Å². The monoisotopic (exact) mass is 289 g/mol. The SMILES string of the molecule is O=C(c1ccc(OC(F)(F)F)cc1)N1CCC[C@H](O)C1. The largest absolute Gasteiger partial charge is 0.573 e. The summed E-state index contributed by atoms with van der Waals surface area (Å²) in [4.78, 5) is 13.6. The summed E-state index contributed by atoms with van der Waals surface area (Å²) in [5.41, 5.74) is 0.272. The van der Waals surface area contributed by atoms with Gasteiger partial charge < -0.3 is 14.7 Å². The van der Waals surface area contributed by atoms with Gasteiger partial charge in [-0.15, -0.1) is 13.2 Å². The van der Waals surface area contributed by atoms with Crippen LogP contribution >= 0.6 is 0 Å². The van der Waals surface area contributed by atoms with Gasteiger partial charge in [0, 0.05) is 18.7 Å². The van der Waals surface area contributed by atoms with Crippen molar-refractivity contribution in [2.45, 2.75) is 25.3 Å². The lowest BCUT2D eigenvalue weighted by atomic mass is 10.1. The van der Waals surface area contributed by atoms with Crippen LogP contribution in [0.15, 0.2) is 24.3 Å². The lowest BCUT2D eigenvalue weighted by Gasteiger charge is -2.30. The molecule has 0 spiro atoms. The third-order valence-electron chi connectivity index (χ3n) is 3.02. The molecule has 0 unspecified atom stereocenters. The first-order valence-corrected chi connectivity index (χ1v) is 6.18. The van der Waals surface area contributed by atoms with Crippen molar-refractivity contribution in [1.29, 1.82) is 0 Å². The quantitative estimate of drug-likeness (QED) is 0.908. The van der Waals surface area contributed by atoms with Gasteiger partial charge in [0.25, 0.3) is 5.91 Å². The summed E-state index contributed by atoms with van der Waals surface area (Å²) in [7, 11) is 0. The molecule has 1 saturated heterocycles. The Balaban J connectivity index is 2.04. The van der Waals surface area contributed by atoms with Gasteiger partial charge in [-0.25, -0.2) is 0 Å². The molecule has 1 fully saturated rings. The zero-order chi connectivity index (χ0) is 14.8. The molecule has 7 heteroatoms. The minimum atomic E-state index is -4.75. The summed E-state index contributed by atoms with van der Waals surface area (Å²) >= 11 is 0. The van der Waals surface area contributed by atoms with E-state index in [1.54, 1.807) is 0 Å². The number of piperidine rings is 1. The molecule has 20 heavy (non-hydrogen) atoms. The second-order valence-corrected chi connectivity index (χ2v) is 4.62. The van der Waals surface area contributed by atoms with E-state index in [2.05, 4.69) is 4.74 Å². The zero-order valence-electron chi connectivity index (χ0n) is 10.6. The third-order valence-corrected chi connectivity index (χ3v) is 3.02. The van der Waals surface area contributed by atoms with Gasteiger partial charge in [-0.3, -0.25) is 4.79 Å². The molecule has 0 radical (unpaired) electrons. The Morgan fingerprint density at radius 3 is 2.50 bits per heavy atom. The average molecular weight is 289 g/mol. The molecule has 4 nitrogen and oxygen atoms in total. The minimum absolute atomic E-state index is 0.250. The molecule has 0 aromatic heterocycles. The Kier molecular flexibility index (Phi) is 4.17. The van der Waals surface area contributed by atoms with E-state index in [-0.39, 0.29) is 23.8 Å². The van der Waals surface area contributed by atoms with E-state index in [1.807, 2.05) is 0 Å². The molecule has 1 amide bonds. The van der Waals surface area contributed by atoms with Gasteiger partial charge in [-0.2, -0.15) is 0 Å². The van der Waals surface area contributed by atoms with E-state index in [0.29, 0.717) is 19.4 Å². The molecular formula is C13H14F3NO3. The van der Waals surface area contributed by atoms with Crippen molar-refractivity contribution < 1.29 is 27.8 Å². The van der Waals surface area contributed by atoms with E-state index in [0.717, 1.165) is 12.1 Å². The lowest BCUT2D eigenvalue weighted by Crippen LogP contribution is -2.42. The number of aliphatic hydroxyl groups excluding tert-OH is 1. The highest BCUT2D eigenvalue weighted by molar-refractivity contribution is 5.94. The molecule has 1 aliphatic heterocycles. The number of rotatable bonds is 2. The van der Waals surface area contributed by atoms with Crippen LogP contribution in [0.5, 0.6) is 5.75 Å². The number of benzene rings is 1. The smallest absolute Gasteiger partial charge is 0.406 e. The third kappa shape index (κ3) is 3.86. The first-order valence-electron chi connectivity index (χ1n) is 6.18. The average Bonchev–Trinajstić information content (AvgIpc) is 2.37. The van der Waals surface area contributed by atoms with E-state index in [9.17, 15) is 23.1 Å². The van der Waals surface area contributed by atoms with Gasteiger partial charge in [0.2, 0.25) is 0 Å². The Morgan fingerprint density at radius 2 is 1.95 bits per heavy atom. The summed E-state index contributed by atoms with van der Waals surface area (Å²) < 4.78 is 39.8. The van der Waals surface area contributed by atoms with Crippen LogP contribution in [0, 0.1) is 0 Å². The molecule has 1 N–H and O–H groups in total. The number of aliphatic hydroxyl groups is 1. The molecular weight excluding hydrogens is 275 g/mol. The number of nitrogens with zero attached hydrogens (tertiary/aromatic N) is 1. The van der Waals surface area contributed by atoms with Crippen molar-refractivity contribution in [3.05, 3.63) is 29.8 Å². The summed E-state index contributed by atoms with van der Waals surface area (Å²) in [6.45, 7) is 0.788. The van der Waals surface area contributed by atoms with Crippen LogP contribution in [0.4, 0.5) is 13.2 Å². The number of likely N-dealkylation sites (tertiary alicyclic amines) is 1. The number of hydrogen-bond acceptors (Lipinski definition) is 3. The van der Waals surface area contributed by atoms with E-state index >= 15 is 0 Å². The van der Waals surface area contributed by atoms with Crippen LogP contribution in [0.1, 0.15) is 23.2 Å². The maximum atomic E-state index is 12.1. The van der Waals surface area contributed by atoms with E-state index in [1.165, 1.54) is 17.0 Å². The van der Waals surface area contributed by atoms with Gasteiger partial charge >= 0.3 is 6.36 Å². The van der Waals surface area contributed by atoms with Crippen molar-refractivity contribution in [2.24, 2.45) is 0 Å². The number of halogens is 3. The fourth-order valence-corrected chi connectivity index (χ4v) is 2.12. The summed E-state index contributed by atoms with van der Waals surface area (Å²) in [6, 6.07) is 4.76. The van der Waals surface area contributed by atoms with Crippen molar-refractivity contribution in [3.8, 4) is 5.75 Å². The Morgan fingerprint density at radius 1 is 1.30 bits per heavy atom. The molecule has 1 heterocycles. The second-order valence-electron chi connectivity index (χ2n) is 4.62. The molecule has 110 valence electrons. The summed E-state index contributed by atoms with van der Waals surface area (Å²) in [6.07, 6.45) is -3.92. The Labute approximate surface area is 113 Å². The number of alkyl halides is 3. The van der Waals surface area contributed by atoms with Crippen LogP contribution in [-0.4, -0.2) is 41.5 Å². The highest BCUT2D eigenvalue weighted by atomic mass is 19.4. The van der Waals surface area contributed by atoms with E-state index < -0.39 is 12.5 Å². The number of carbonyl (C=O) groups excluding carboxylic acids is 1. The van der Waals surface area contributed by atoms with Crippen LogP contribution in [0.3, 0.4) is 0 Å². The molecule has 2 rings (SSSR count). The number of ether oxygens (including phenoxy) is 1. The second kappa shape index (κ2) is 5.70. The molecule has 1 aromatic rings. The first kappa shape index (κ1) is 14.6. The maximum Gasteiger partial charge on any atom is 0.573 e. The first-order chi connectivity index (χ1) is 9.35. The number of carbonyl (C=O) groups is 1. The van der Waals surface area contributed by atoms with Crippen LogP contribution < -0.4 is 4.74 Å². The van der Waals surface area contributed by atoms with Crippen molar-refractivity contribution >= 4 is 5.91 Å². The van der Waals surface area contributed by atoms with Gasteiger partial charge in [-0.1, -0.05) is 0 Å². The van der Waals surface area contributed by atoms with Crippen molar-refractivity contribution in [2.75, 3.05) is 13.1 Å². The van der Waals surface area contributed by atoms with Crippen molar-refractivity contribution in [3.63, 3.8) is 0 Å². The standard InChI is InChI=1S/C13H14F3NO3/c14-13(15,16)20-11-5-3-9(4-6-11)12(19)17-7-1-2-10(18)8-17/h3-6,10,18H,1-2,7-8H2/t10-/m0/s1. The molecule has 1 atom stereocenters. The Hall–Kier alpha value is -1.76. The highest BCUT2D eigenvalue weighted by Crippen LogP contribution is 2.23. The molecule has 1 aromatic carbocycles. The predicted molar refractivity (Wildman–Crippen MR) is 64.3 cm³/mol. The normalized spacial score (nSPS) is 19.8. The highest BCUT2D eigenvalue weighted by Gasteiger charge is 2.31. The molecule has 1 aliphatic rings. The summed E-state index contributed by atoms with van der Waals surface area (Å²) in [5, 5.41) is 9.51. The van der Waals surface area contributed by atoms with Gasteiger partial charge in [0.15, 0.2) is 0 Å². The zero-order valence-corrected chi connectivity index (χ0v) is 10.6. The Bertz CT molecular complexity index is 473. The summed E-state index contributed by atoms with van der Waals surface area (Å²) in [5.74, 6) is -0.671. The number of amides is 1. The van der Waals surface area contributed by atoms with Gasteiger partial charge in [0.05, 0.1) is 6.10 Å². The molecule has 0 bridgehead atoms. The fourth-order valence-electron chi connectivity index (χ4n) is 2.12. The van der Waals surface area contributed by atoms with E-state index in [4.69, 9.17) is 0 Å². The predicted octanol–water partition coefficient (Wildman–Crippen LogP) is 2.18. The van der Waals surface area contributed by atoms with Crippen LogP contribution in [0.25, 0.3) is 0 Å². The topological polar surface area (TPSA) is 49.8 Å². The lowest BCUT2D eigenvalue weighted by molar-refractivity contribution is -0.274. The van der Waals surface area contributed by atoms with Crippen LogP contribution in [-0.2, 0) is 0 Å². The van der Waals surface area contributed by atoms with Crippen LogP contribution in [0.2, 0.25) is 0 Å². The minimum Gasteiger partial charge on any atom is -0.406 e. The molecule has 0 saturated carbocycles. The van der Waals surface area contributed by atoms with Crippen molar-refractivity contribution in [1.82, 2.24) is 4.90 Å². The number of hydrogen-bond donors (Lipinski definition) is 1.